The molecule has 1 N–H and O–H groups in total. The van der Waals surface area contributed by atoms with Crippen LogP contribution in [-0.2, 0) is 6.54 Å². The summed E-state index contributed by atoms with van der Waals surface area (Å²) in [5, 5.41) is 7.37. The van der Waals surface area contributed by atoms with Gasteiger partial charge in [-0.2, -0.15) is 9.78 Å². The van der Waals surface area contributed by atoms with E-state index in [9.17, 15) is 9.59 Å². The zero-order chi connectivity index (χ0) is 26.5. The number of aromatic nitrogens is 4. The maximum Gasteiger partial charge on any atom is 0.267 e. The van der Waals surface area contributed by atoms with Gasteiger partial charge in [-0.15, -0.1) is 0 Å². The second-order valence-electron chi connectivity index (χ2n) is 9.43. The molecule has 39 heavy (non-hydrogen) atoms. The molecule has 0 spiro atoms. The Morgan fingerprint density at radius 3 is 2.18 bits per heavy atom. The van der Waals surface area contributed by atoms with Crippen LogP contribution in [0.4, 0.5) is 0 Å². The number of fused-ring (bicyclic) bond motifs is 5. The number of benzene rings is 4. The Kier molecular flexibility index (Phi) is 5.42. The highest BCUT2D eigenvalue weighted by Gasteiger charge is 2.21. The van der Waals surface area contributed by atoms with Gasteiger partial charge >= 0.3 is 0 Å². The summed E-state index contributed by atoms with van der Waals surface area (Å²) in [6, 6.07) is 34.2. The van der Waals surface area contributed by atoms with E-state index in [0.29, 0.717) is 27.3 Å². The lowest BCUT2D eigenvalue weighted by Crippen LogP contribution is -2.28. The molecule has 0 fully saturated rings. The van der Waals surface area contributed by atoms with Gasteiger partial charge < -0.3 is 4.98 Å². The standard InChI is InChI=1S/C32H21ClN4O2/c33-22-15-16-26-25(17-22)31-30(34-26)23-13-7-8-14-24(23)32(39)36(31)19-29(38)37-28(21-11-5-2-6-12-21)18-27(35-37)20-9-3-1-4-10-20/h1-18,34H,19H2. The summed E-state index contributed by atoms with van der Waals surface area (Å²) >= 11 is 6.36. The fraction of sp³-hybridized carbons (Fsp3) is 0.0312. The van der Waals surface area contributed by atoms with Gasteiger partial charge in [0.2, 0.25) is 0 Å². The van der Waals surface area contributed by atoms with E-state index < -0.39 is 0 Å². The van der Waals surface area contributed by atoms with Crippen LogP contribution in [-0.4, -0.2) is 25.2 Å². The van der Waals surface area contributed by atoms with Crippen molar-refractivity contribution in [2.45, 2.75) is 6.54 Å². The number of nitrogens with one attached hydrogen (secondary N) is 1. The summed E-state index contributed by atoms with van der Waals surface area (Å²) in [4.78, 5) is 31.3. The van der Waals surface area contributed by atoms with Gasteiger partial charge in [0.25, 0.3) is 11.5 Å². The summed E-state index contributed by atoms with van der Waals surface area (Å²) < 4.78 is 2.95. The lowest BCUT2D eigenvalue weighted by Gasteiger charge is -2.12. The number of rotatable bonds is 4. The van der Waals surface area contributed by atoms with Gasteiger partial charge in [-0.25, -0.2) is 0 Å². The third kappa shape index (κ3) is 3.85. The van der Waals surface area contributed by atoms with Crippen LogP contribution in [0.25, 0.3) is 55.2 Å². The molecule has 7 rings (SSSR count). The molecule has 6 nitrogen and oxygen atoms in total. The fourth-order valence-electron chi connectivity index (χ4n) is 5.25. The second kappa shape index (κ2) is 9.11. The normalized spacial score (nSPS) is 11.5. The second-order valence-corrected chi connectivity index (χ2v) is 9.86. The number of hydrogen-bond acceptors (Lipinski definition) is 3. The fourth-order valence-corrected chi connectivity index (χ4v) is 5.42. The van der Waals surface area contributed by atoms with Crippen molar-refractivity contribution in [3.8, 4) is 22.5 Å². The van der Waals surface area contributed by atoms with Gasteiger partial charge in [-0.05, 0) is 30.3 Å². The number of H-pyrrole nitrogens is 1. The molecule has 3 aromatic heterocycles. The van der Waals surface area contributed by atoms with Crippen molar-refractivity contribution in [3.63, 3.8) is 0 Å². The lowest BCUT2D eigenvalue weighted by atomic mass is 10.1. The molecule has 0 radical (unpaired) electrons. The average molecular weight is 529 g/mol. The molecule has 0 aliphatic carbocycles. The molecule has 0 saturated carbocycles. The predicted octanol–water partition coefficient (Wildman–Crippen LogP) is 7.16. The minimum absolute atomic E-state index is 0.199. The molecule has 0 bridgehead atoms. The molecule has 7 heteroatoms. The summed E-state index contributed by atoms with van der Waals surface area (Å²) in [6.45, 7) is -0.199. The van der Waals surface area contributed by atoms with E-state index in [1.807, 2.05) is 97.1 Å². The number of carbonyl (C=O) groups excluding carboxylic acids is 1. The molecular weight excluding hydrogens is 508 g/mol. The highest BCUT2D eigenvalue weighted by Crippen LogP contribution is 2.32. The summed E-state index contributed by atoms with van der Waals surface area (Å²) in [7, 11) is 0. The van der Waals surface area contributed by atoms with Crippen LogP contribution >= 0.6 is 11.6 Å². The van der Waals surface area contributed by atoms with E-state index in [0.717, 1.165) is 32.9 Å². The Bertz CT molecular complexity index is 2090. The van der Waals surface area contributed by atoms with Crippen LogP contribution < -0.4 is 5.56 Å². The highest BCUT2D eigenvalue weighted by atomic mass is 35.5. The molecule has 188 valence electrons. The van der Waals surface area contributed by atoms with E-state index in [-0.39, 0.29) is 18.0 Å². The first kappa shape index (κ1) is 23.2. The van der Waals surface area contributed by atoms with E-state index in [1.54, 1.807) is 12.1 Å². The summed E-state index contributed by atoms with van der Waals surface area (Å²) in [6.07, 6.45) is 0. The predicted molar refractivity (Wildman–Crippen MR) is 156 cm³/mol. The number of halogens is 1. The Morgan fingerprint density at radius 1 is 0.769 bits per heavy atom. The van der Waals surface area contributed by atoms with Crippen LogP contribution in [0.1, 0.15) is 4.79 Å². The number of nitrogens with zero attached hydrogens (tertiary/aromatic N) is 3. The molecule has 0 amide bonds. The third-order valence-electron chi connectivity index (χ3n) is 7.05. The first-order valence-electron chi connectivity index (χ1n) is 12.5. The van der Waals surface area contributed by atoms with Gasteiger partial charge in [0.05, 0.1) is 22.4 Å². The quantitative estimate of drug-likeness (QED) is 0.263. The molecule has 0 unspecified atom stereocenters. The lowest BCUT2D eigenvalue weighted by molar-refractivity contribution is 0.0878. The van der Waals surface area contributed by atoms with E-state index >= 15 is 0 Å². The Balaban J connectivity index is 1.44. The number of hydrogen-bond donors (Lipinski definition) is 1. The van der Waals surface area contributed by atoms with Crippen molar-refractivity contribution in [2.24, 2.45) is 0 Å². The van der Waals surface area contributed by atoms with E-state index in [4.69, 9.17) is 16.7 Å². The van der Waals surface area contributed by atoms with Crippen LogP contribution in [0.2, 0.25) is 5.02 Å². The highest BCUT2D eigenvalue weighted by molar-refractivity contribution is 6.32. The van der Waals surface area contributed by atoms with E-state index in [1.165, 1.54) is 9.25 Å². The third-order valence-corrected chi connectivity index (χ3v) is 7.29. The molecule has 7 aromatic rings. The monoisotopic (exact) mass is 528 g/mol. The van der Waals surface area contributed by atoms with Gasteiger partial charge in [-0.1, -0.05) is 90.5 Å². The van der Waals surface area contributed by atoms with Crippen LogP contribution in [0.15, 0.2) is 114 Å². The first-order valence-corrected chi connectivity index (χ1v) is 12.9. The Morgan fingerprint density at radius 2 is 1.44 bits per heavy atom. The zero-order valence-corrected chi connectivity index (χ0v) is 21.4. The van der Waals surface area contributed by atoms with Crippen molar-refractivity contribution < 1.29 is 4.79 Å². The van der Waals surface area contributed by atoms with Gasteiger partial charge in [-0.3, -0.25) is 14.2 Å². The molecular formula is C32H21ClN4O2. The largest absolute Gasteiger partial charge is 0.353 e. The van der Waals surface area contributed by atoms with Gasteiger partial charge in [0.1, 0.15) is 6.54 Å². The summed E-state index contributed by atoms with van der Waals surface area (Å²) in [5.41, 5.74) is 5.11. The molecule has 3 heterocycles. The Hall–Kier alpha value is -4.94. The maximum atomic E-state index is 14.0. The van der Waals surface area contributed by atoms with Crippen LogP contribution in [0.3, 0.4) is 0 Å². The minimum Gasteiger partial charge on any atom is -0.353 e. The SMILES string of the molecule is O=C(Cn1c(=O)c2ccccc2c2[nH]c3ccc(Cl)cc3c21)n1nc(-c2ccccc2)cc1-c1ccccc1. The van der Waals surface area contributed by atoms with Crippen molar-refractivity contribution in [1.29, 1.82) is 0 Å². The maximum absolute atomic E-state index is 14.0. The summed E-state index contributed by atoms with van der Waals surface area (Å²) in [5.74, 6) is -0.328. The molecule has 0 saturated heterocycles. The Labute approximate surface area is 227 Å². The van der Waals surface area contributed by atoms with Crippen LogP contribution in [0.5, 0.6) is 0 Å². The number of carbonyl (C=O) groups is 1. The molecule has 4 aromatic carbocycles. The minimum atomic E-state index is -0.328. The number of pyridine rings is 1. The van der Waals surface area contributed by atoms with Gasteiger partial charge in [0.15, 0.2) is 0 Å². The molecule has 0 aliphatic rings. The first-order chi connectivity index (χ1) is 19.1. The van der Waals surface area contributed by atoms with Crippen molar-refractivity contribution in [1.82, 2.24) is 19.3 Å². The molecule has 0 atom stereocenters. The smallest absolute Gasteiger partial charge is 0.267 e. The van der Waals surface area contributed by atoms with Gasteiger partial charge in [0, 0.05) is 37.8 Å². The number of aromatic amines is 1. The average Bonchev–Trinajstić information content (AvgIpc) is 3.59. The van der Waals surface area contributed by atoms with Crippen molar-refractivity contribution in [3.05, 3.63) is 125 Å². The zero-order valence-electron chi connectivity index (χ0n) is 20.6. The van der Waals surface area contributed by atoms with Crippen molar-refractivity contribution in [2.75, 3.05) is 0 Å². The molecule has 0 aliphatic heterocycles. The van der Waals surface area contributed by atoms with Crippen molar-refractivity contribution >= 4 is 50.2 Å². The van der Waals surface area contributed by atoms with Crippen LogP contribution in [0, 0.1) is 0 Å². The van der Waals surface area contributed by atoms with E-state index in [2.05, 4.69) is 4.98 Å². The topological polar surface area (TPSA) is 72.7 Å².